The van der Waals surface area contributed by atoms with Crippen LogP contribution in [0.4, 0.5) is 0 Å². The van der Waals surface area contributed by atoms with Gasteiger partial charge in [0.2, 0.25) is 0 Å². The minimum atomic E-state index is 0.00458. The topological polar surface area (TPSA) is 58.4 Å². The Kier molecular flexibility index (Phi) is 2.96. The lowest BCUT2D eigenvalue weighted by atomic mass is 10.1. The number of hydrogen-bond acceptors (Lipinski definition) is 4. The van der Waals surface area contributed by atoms with Gasteiger partial charge in [-0.25, -0.2) is 0 Å². The Labute approximate surface area is 94.8 Å². The van der Waals surface area contributed by atoms with E-state index >= 15 is 0 Å². The highest BCUT2D eigenvalue weighted by atomic mass is 16.5. The van der Waals surface area contributed by atoms with E-state index in [2.05, 4.69) is 10.5 Å². The highest BCUT2D eigenvalue weighted by molar-refractivity contribution is 5.96. The smallest absolute Gasteiger partial charge is 0.259 e. The van der Waals surface area contributed by atoms with Crippen molar-refractivity contribution in [2.45, 2.75) is 26.3 Å². The molecule has 2 rings (SSSR count). The Morgan fingerprint density at radius 3 is 2.81 bits per heavy atom. The molecule has 0 aromatic carbocycles. The number of aryl methyl sites for hydroxylation is 2. The molecule has 1 N–H and O–H groups in total. The van der Waals surface area contributed by atoms with Crippen LogP contribution in [-0.2, 0) is 0 Å². The van der Waals surface area contributed by atoms with Gasteiger partial charge >= 0.3 is 0 Å². The van der Waals surface area contributed by atoms with Crippen molar-refractivity contribution >= 4 is 5.91 Å². The van der Waals surface area contributed by atoms with E-state index in [1.54, 1.807) is 18.7 Å². The molecule has 5 nitrogen and oxygen atoms in total. The van der Waals surface area contributed by atoms with Crippen LogP contribution in [0.2, 0.25) is 0 Å². The van der Waals surface area contributed by atoms with Crippen molar-refractivity contribution in [1.29, 1.82) is 0 Å². The summed E-state index contributed by atoms with van der Waals surface area (Å²) in [4.78, 5) is 14.0. The molecule has 88 valence electrons. The summed E-state index contributed by atoms with van der Waals surface area (Å²) < 4.78 is 5.02. The van der Waals surface area contributed by atoms with E-state index in [9.17, 15) is 4.79 Å². The van der Waals surface area contributed by atoms with E-state index in [4.69, 9.17) is 4.52 Å². The molecule has 0 radical (unpaired) electrons. The molecule has 1 atom stereocenters. The number of aromatic nitrogens is 1. The summed E-state index contributed by atoms with van der Waals surface area (Å²) in [5.74, 6) is 0.602. The third-order valence-electron chi connectivity index (χ3n) is 3.15. The lowest BCUT2D eigenvalue weighted by Crippen LogP contribution is -2.38. The summed E-state index contributed by atoms with van der Waals surface area (Å²) in [5.41, 5.74) is 1.27. The molecule has 1 unspecified atom stereocenters. The average molecular weight is 223 g/mol. The molecule has 5 heteroatoms. The van der Waals surface area contributed by atoms with Gasteiger partial charge in [0, 0.05) is 19.6 Å². The van der Waals surface area contributed by atoms with Crippen LogP contribution in [0.25, 0.3) is 0 Å². The van der Waals surface area contributed by atoms with Gasteiger partial charge in [0.05, 0.1) is 5.69 Å². The first-order valence-corrected chi connectivity index (χ1v) is 5.52. The molecule has 1 amide bonds. The first kappa shape index (κ1) is 11.1. The van der Waals surface area contributed by atoms with Gasteiger partial charge in [-0.05, 0) is 26.8 Å². The summed E-state index contributed by atoms with van der Waals surface area (Å²) in [5, 5.41) is 7.06. The zero-order valence-corrected chi connectivity index (χ0v) is 9.91. The third kappa shape index (κ3) is 1.82. The summed E-state index contributed by atoms with van der Waals surface area (Å²) in [6, 6.07) is 0.279. The quantitative estimate of drug-likeness (QED) is 0.802. The fraction of sp³-hybridized carbons (Fsp3) is 0.636. The molecule has 2 heterocycles. The molecule has 16 heavy (non-hydrogen) atoms. The van der Waals surface area contributed by atoms with Gasteiger partial charge in [-0.2, -0.15) is 0 Å². The van der Waals surface area contributed by atoms with Crippen molar-refractivity contribution < 1.29 is 9.32 Å². The number of carbonyl (C=O) groups excluding carboxylic acids is 1. The SMILES string of the molecule is Cc1noc(C)c1C(=O)N(C)C1CCNC1. The van der Waals surface area contributed by atoms with Gasteiger partial charge in [0.1, 0.15) is 11.3 Å². The number of nitrogens with zero attached hydrogens (tertiary/aromatic N) is 2. The van der Waals surface area contributed by atoms with Gasteiger partial charge in [-0.1, -0.05) is 5.16 Å². The Morgan fingerprint density at radius 1 is 1.56 bits per heavy atom. The van der Waals surface area contributed by atoms with Crippen molar-refractivity contribution in [3.05, 3.63) is 17.0 Å². The van der Waals surface area contributed by atoms with E-state index in [-0.39, 0.29) is 11.9 Å². The Morgan fingerprint density at radius 2 is 2.31 bits per heavy atom. The van der Waals surface area contributed by atoms with Gasteiger partial charge in [0.25, 0.3) is 5.91 Å². The van der Waals surface area contributed by atoms with E-state index in [1.165, 1.54) is 0 Å². The molecule has 1 saturated heterocycles. The van der Waals surface area contributed by atoms with Crippen molar-refractivity contribution in [3.63, 3.8) is 0 Å². The summed E-state index contributed by atoms with van der Waals surface area (Å²) in [7, 11) is 1.84. The maximum absolute atomic E-state index is 12.2. The Bertz CT molecular complexity index is 374. The van der Waals surface area contributed by atoms with Crippen LogP contribution < -0.4 is 5.32 Å². The zero-order chi connectivity index (χ0) is 11.7. The Hall–Kier alpha value is -1.36. The second-order valence-electron chi connectivity index (χ2n) is 4.26. The highest BCUT2D eigenvalue weighted by Gasteiger charge is 2.27. The second-order valence-corrected chi connectivity index (χ2v) is 4.26. The van der Waals surface area contributed by atoms with Crippen LogP contribution >= 0.6 is 0 Å². The molecule has 1 aromatic heterocycles. The molecule has 0 aliphatic carbocycles. The maximum atomic E-state index is 12.2. The standard InChI is InChI=1S/C11H17N3O2/c1-7-10(8(2)16-13-7)11(15)14(3)9-4-5-12-6-9/h9,12H,4-6H2,1-3H3. The van der Waals surface area contributed by atoms with E-state index in [0.717, 1.165) is 19.5 Å². The predicted octanol–water partition coefficient (Wildman–Crippen LogP) is 0.725. The Balaban J connectivity index is 2.18. The summed E-state index contributed by atoms with van der Waals surface area (Å²) in [6.07, 6.45) is 1.01. The number of rotatable bonds is 2. The lowest BCUT2D eigenvalue weighted by Gasteiger charge is -2.23. The van der Waals surface area contributed by atoms with Crippen LogP contribution in [0, 0.1) is 13.8 Å². The molecule has 1 aliphatic rings. The van der Waals surface area contributed by atoms with Gasteiger partial charge in [-0.3, -0.25) is 4.79 Å². The minimum absolute atomic E-state index is 0.00458. The number of hydrogen-bond donors (Lipinski definition) is 1. The van der Waals surface area contributed by atoms with E-state index in [1.807, 2.05) is 7.05 Å². The second kappa shape index (κ2) is 4.25. The zero-order valence-electron chi connectivity index (χ0n) is 9.91. The molecular formula is C11H17N3O2. The minimum Gasteiger partial charge on any atom is -0.361 e. The summed E-state index contributed by atoms with van der Waals surface area (Å²) in [6.45, 7) is 5.41. The highest BCUT2D eigenvalue weighted by Crippen LogP contribution is 2.17. The largest absolute Gasteiger partial charge is 0.361 e. The molecule has 1 aromatic rings. The predicted molar refractivity (Wildman–Crippen MR) is 59.3 cm³/mol. The first-order chi connectivity index (χ1) is 7.61. The first-order valence-electron chi connectivity index (χ1n) is 5.52. The van der Waals surface area contributed by atoms with E-state index < -0.39 is 0 Å². The van der Waals surface area contributed by atoms with Gasteiger partial charge in [0.15, 0.2) is 0 Å². The van der Waals surface area contributed by atoms with Crippen molar-refractivity contribution in [1.82, 2.24) is 15.4 Å². The molecule has 1 aliphatic heterocycles. The molecule has 0 spiro atoms. The number of carbonyl (C=O) groups is 1. The lowest BCUT2D eigenvalue weighted by molar-refractivity contribution is 0.0741. The van der Waals surface area contributed by atoms with Crippen LogP contribution in [0.15, 0.2) is 4.52 Å². The molecule has 1 fully saturated rings. The fourth-order valence-corrected chi connectivity index (χ4v) is 2.10. The van der Waals surface area contributed by atoms with Crippen molar-refractivity contribution in [2.24, 2.45) is 0 Å². The van der Waals surface area contributed by atoms with Crippen molar-refractivity contribution in [2.75, 3.05) is 20.1 Å². The normalized spacial score (nSPS) is 20.1. The third-order valence-corrected chi connectivity index (χ3v) is 3.15. The van der Waals surface area contributed by atoms with Crippen molar-refractivity contribution in [3.8, 4) is 0 Å². The van der Waals surface area contributed by atoms with E-state index in [0.29, 0.717) is 17.0 Å². The van der Waals surface area contributed by atoms with Gasteiger partial charge in [-0.15, -0.1) is 0 Å². The fourth-order valence-electron chi connectivity index (χ4n) is 2.10. The van der Waals surface area contributed by atoms with Crippen LogP contribution in [0.1, 0.15) is 28.2 Å². The number of likely N-dealkylation sites (N-methyl/N-ethyl adjacent to an activating group) is 1. The van der Waals surface area contributed by atoms with Crippen LogP contribution in [0.5, 0.6) is 0 Å². The molecule has 0 bridgehead atoms. The van der Waals surface area contributed by atoms with Crippen LogP contribution in [-0.4, -0.2) is 42.1 Å². The average Bonchev–Trinajstić information content (AvgIpc) is 2.87. The van der Waals surface area contributed by atoms with Gasteiger partial charge < -0.3 is 14.7 Å². The molecule has 0 saturated carbocycles. The van der Waals surface area contributed by atoms with Crippen LogP contribution in [0.3, 0.4) is 0 Å². The molecular weight excluding hydrogens is 206 g/mol. The number of amides is 1. The monoisotopic (exact) mass is 223 g/mol. The number of nitrogens with one attached hydrogen (secondary N) is 1. The summed E-state index contributed by atoms with van der Waals surface area (Å²) >= 11 is 0. The maximum Gasteiger partial charge on any atom is 0.259 e.